The molecule has 1 saturated heterocycles. The van der Waals surface area contributed by atoms with Gasteiger partial charge < -0.3 is 10.2 Å². The highest BCUT2D eigenvalue weighted by atomic mass is 16.2. The van der Waals surface area contributed by atoms with Crippen LogP contribution < -0.4 is 5.32 Å². The Morgan fingerprint density at radius 1 is 1.47 bits per heavy atom. The minimum absolute atomic E-state index is 0.251. The summed E-state index contributed by atoms with van der Waals surface area (Å²) in [4.78, 5) is 18.6. The van der Waals surface area contributed by atoms with E-state index in [0.717, 1.165) is 31.6 Å². The van der Waals surface area contributed by atoms with Gasteiger partial charge in [-0.15, -0.1) is 0 Å². The average Bonchev–Trinajstić information content (AvgIpc) is 3.11. The SMILES string of the molecule is CNc1cc([C@@H]2CCCN2C(=O)CC2CC2)ccn1. The molecular formula is C15H21N3O. The van der Waals surface area contributed by atoms with Gasteiger partial charge in [0.2, 0.25) is 5.91 Å². The van der Waals surface area contributed by atoms with Crippen molar-refractivity contribution in [1.82, 2.24) is 9.88 Å². The van der Waals surface area contributed by atoms with Crippen LogP contribution >= 0.6 is 0 Å². The number of amides is 1. The van der Waals surface area contributed by atoms with Gasteiger partial charge in [0, 0.05) is 26.2 Å². The Labute approximate surface area is 114 Å². The molecule has 1 N–H and O–H groups in total. The van der Waals surface area contributed by atoms with Crippen molar-refractivity contribution in [3.05, 3.63) is 23.9 Å². The zero-order valence-electron chi connectivity index (χ0n) is 11.4. The third-order valence-electron chi connectivity index (χ3n) is 4.16. The summed E-state index contributed by atoms with van der Waals surface area (Å²) in [5, 5.41) is 3.06. The number of hydrogen-bond donors (Lipinski definition) is 1. The van der Waals surface area contributed by atoms with E-state index in [0.29, 0.717) is 11.8 Å². The molecule has 0 bridgehead atoms. The third kappa shape index (κ3) is 2.72. The molecule has 1 aliphatic carbocycles. The monoisotopic (exact) mass is 259 g/mol. The maximum absolute atomic E-state index is 12.3. The van der Waals surface area contributed by atoms with Gasteiger partial charge in [-0.05, 0) is 49.3 Å². The minimum Gasteiger partial charge on any atom is -0.373 e. The van der Waals surface area contributed by atoms with E-state index in [4.69, 9.17) is 0 Å². The Morgan fingerprint density at radius 2 is 2.32 bits per heavy atom. The molecule has 1 amide bonds. The lowest BCUT2D eigenvalue weighted by Gasteiger charge is -2.25. The fourth-order valence-electron chi connectivity index (χ4n) is 2.89. The van der Waals surface area contributed by atoms with E-state index in [-0.39, 0.29) is 6.04 Å². The van der Waals surface area contributed by atoms with Gasteiger partial charge in [0.05, 0.1) is 6.04 Å². The molecule has 1 aliphatic heterocycles. The zero-order valence-corrected chi connectivity index (χ0v) is 11.4. The molecule has 3 rings (SSSR count). The molecule has 1 aromatic heterocycles. The second-order valence-electron chi connectivity index (χ2n) is 5.62. The Bertz CT molecular complexity index is 470. The molecule has 0 unspecified atom stereocenters. The number of nitrogens with zero attached hydrogens (tertiary/aromatic N) is 2. The summed E-state index contributed by atoms with van der Waals surface area (Å²) in [6.45, 7) is 0.910. The topological polar surface area (TPSA) is 45.2 Å². The highest BCUT2D eigenvalue weighted by Crippen LogP contribution is 2.37. The molecule has 1 aromatic rings. The molecule has 2 fully saturated rings. The van der Waals surface area contributed by atoms with E-state index in [1.807, 2.05) is 19.3 Å². The number of carbonyl (C=O) groups excluding carboxylic acids is 1. The van der Waals surface area contributed by atoms with E-state index in [9.17, 15) is 4.79 Å². The van der Waals surface area contributed by atoms with Crippen molar-refractivity contribution in [2.75, 3.05) is 18.9 Å². The van der Waals surface area contributed by atoms with Crippen LogP contribution in [-0.4, -0.2) is 29.4 Å². The molecule has 19 heavy (non-hydrogen) atoms. The van der Waals surface area contributed by atoms with E-state index in [2.05, 4.69) is 21.3 Å². The molecule has 1 saturated carbocycles. The standard InChI is InChI=1S/C15H21N3O/c1-16-14-10-12(6-7-17-14)13-3-2-8-18(13)15(19)9-11-4-5-11/h6-7,10-11,13H,2-5,8-9H2,1H3,(H,16,17)/t13-/m0/s1. The van der Waals surface area contributed by atoms with Crippen LogP contribution in [0, 0.1) is 5.92 Å². The summed E-state index contributed by atoms with van der Waals surface area (Å²) in [5.74, 6) is 1.88. The normalized spacial score (nSPS) is 22.6. The number of pyridine rings is 1. The number of nitrogens with one attached hydrogen (secondary N) is 1. The Morgan fingerprint density at radius 3 is 3.05 bits per heavy atom. The minimum atomic E-state index is 0.251. The quantitative estimate of drug-likeness (QED) is 0.904. The van der Waals surface area contributed by atoms with Crippen molar-refractivity contribution >= 4 is 11.7 Å². The molecule has 2 heterocycles. The summed E-state index contributed by atoms with van der Waals surface area (Å²) in [7, 11) is 1.87. The second kappa shape index (κ2) is 5.19. The van der Waals surface area contributed by atoms with Crippen molar-refractivity contribution < 1.29 is 4.79 Å². The summed E-state index contributed by atoms with van der Waals surface area (Å²) in [5.41, 5.74) is 1.21. The van der Waals surface area contributed by atoms with Crippen molar-refractivity contribution in [2.45, 2.75) is 38.1 Å². The van der Waals surface area contributed by atoms with E-state index in [1.165, 1.54) is 18.4 Å². The first-order chi connectivity index (χ1) is 9.28. The van der Waals surface area contributed by atoms with E-state index >= 15 is 0 Å². The van der Waals surface area contributed by atoms with Crippen LogP contribution in [0.2, 0.25) is 0 Å². The smallest absolute Gasteiger partial charge is 0.223 e. The number of rotatable bonds is 4. The van der Waals surface area contributed by atoms with Crippen molar-refractivity contribution in [3.63, 3.8) is 0 Å². The van der Waals surface area contributed by atoms with Crippen molar-refractivity contribution in [2.24, 2.45) is 5.92 Å². The molecule has 0 radical (unpaired) electrons. The van der Waals surface area contributed by atoms with Gasteiger partial charge >= 0.3 is 0 Å². The van der Waals surface area contributed by atoms with Crippen LogP contribution in [0.15, 0.2) is 18.3 Å². The fraction of sp³-hybridized carbons (Fsp3) is 0.600. The number of aromatic nitrogens is 1. The molecule has 4 nitrogen and oxygen atoms in total. The summed E-state index contributed by atoms with van der Waals surface area (Å²) in [6.07, 6.45) is 7.23. The predicted molar refractivity (Wildman–Crippen MR) is 74.8 cm³/mol. The van der Waals surface area contributed by atoms with Gasteiger partial charge in [-0.2, -0.15) is 0 Å². The summed E-state index contributed by atoms with van der Waals surface area (Å²) < 4.78 is 0. The van der Waals surface area contributed by atoms with Gasteiger partial charge in [-0.3, -0.25) is 4.79 Å². The number of carbonyl (C=O) groups is 1. The molecule has 2 aliphatic rings. The average molecular weight is 259 g/mol. The van der Waals surface area contributed by atoms with E-state index < -0.39 is 0 Å². The van der Waals surface area contributed by atoms with Crippen molar-refractivity contribution in [1.29, 1.82) is 0 Å². The number of anilines is 1. The van der Waals surface area contributed by atoms with Gasteiger partial charge in [0.25, 0.3) is 0 Å². The predicted octanol–water partition coefficient (Wildman–Crippen LogP) is 2.59. The van der Waals surface area contributed by atoms with E-state index in [1.54, 1.807) is 0 Å². The third-order valence-corrected chi connectivity index (χ3v) is 4.16. The number of likely N-dealkylation sites (tertiary alicyclic amines) is 1. The lowest BCUT2D eigenvalue weighted by molar-refractivity contribution is -0.132. The maximum Gasteiger partial charge on any atom is 0.223 e. The van der Waals surface area contributed by atoms with Crippen molar-refractivity contribution in [3.8, 4) is 0 Å². The van der Waals surface area contributed by atoms with Gasteiger partial charge in [-0.1, -0.05) is 0 Å². The van der Waals surface area contributed by atoms with Crippen LogP contribution in [0.1, 0.15) is 43.7 Å². The Balaban J connectivity index is 1.75. The van der Waals surface area contributed by atoms with Crippen LogP contribution in [0.3, 0.4) is 0 Å². The second-order valence-corrected chi connectivity index (χ2v) is 5.62. The molecular weight excluding hydrogens is 238 g/mol. The zero-order chi connectivity index (χ0) is 13.2. The van der Waals surface area contributed by atoms with Gasteiger partial charge in [-0.25, -0.2) is 4.98 Å². The number of hydrogen-bond acceptors (Lipinski definition) is 3. The largest absolute Gasteiger partial charge is 0.373 e. The first kappa shape index (κ1) is 12.5. The van der Waals surface area contributed by atoms with Crippen LogP contribution in [0.25, 0.3) is 0 Å². The fourth-order valence-corrected chi connectivity index (χ4v) is 2.89. The summed E-state index contributed by atoms with van der Waals surface area (Å²) >= 11 is 0. The van der Waals surface area contributed by atoms with Gasteiger partial charge in [0.1, 0.15) is 5.82 Å². The Kier molecular flexibility index (Phi) is 3.40. The highest BCUT2D eigenvalue weighted by molar-refractivity contribution is 5.77. The maximum atomic E-state index is 12.3. The summed E-state index contributed by atoms with van der Waals surface area (Å²) in [6, 6.07) is 4.35. The lowest BCUT2D eigenvalue weighted by atomic mass is 10.1. The van der Waals surface area contributed by atoms with Crippen LogP contribution in [-0.2, 0) is 4.79 Å². The van der Waals surface area contributed by atoms with Crippen LogP contribution in [0.4, 0.5) is 5.82 Å². The Hall–Kier alpha value is -1.58. The highest BCUT2D eigenvalue weighted by Gasteiger charge is 2.33. The lowest BCUT2D eigenvalue weighted by Crippen LogP contribution is -2.30. The molecule has 4 heteroatoms. The van der Waals surface area contributed by atoms with Gasteiger partial charge in [0.15, 0.2) is 0 Å². The first-order valence-electron chi connectivity index (χ1n) is 7.21. The molecule has 0 aromatic carbocycles. The molecule has 102 valence electrons. The van der Waals surface area contributed by atoms with Crippen LogP contribution in [0.5, 0.6) is 0 Å². The molecule has 0 spiro atoms. The molecule has 1 atom stereocenters. The first-order valence-corrected chi connectivity index (χ1v) is 7.21.